The normalized spacial score (nSPS) is 17.2. The maximum Gasteiger partial charge on any atom is 0.264 e. The van der Waals surface area contributed by atoms with E-state index < -0.39 is 0 Å². The first-order chi connectivity index (χ1) is 19.9. The third-order valence-electron chi connectivity index (χ3n) is 7.55. The molecular formula is C30H35N5O5S. The van der Waals surface area contributed by atoms with Gasteiger partial charge in [0.2, 0.25) is 5.91 Å². The summed E-state index contributed by atoms with van der Waals surface area (Å²) in [6.07, 6.45) is 4.56. The number of nitrogens with zero attached hydrogens (tertiary/aromatic N) is 4. The highest BCUT2D eigenvalue weighted by atomic mass is 32.1. The molecule has 2 aromatic carbocycles. The van der Waals surface area contributed by atoms with E-state index in [1.165, 1.54) is 30.6 Å². The maximum absolute atomic E-state index is 12.8. The molecule has 5 rings (SSSR count). The third-order valence-corrected chi connectivity index (χ3v) is 8.51. The Morgan fingerprint density at radius 2 is 1.76 bits per heavy atom. The summed E-state index contributed by atoms with van der Waals surface area (Å²) in [7, 11) is 3.61. The summed E-state index contributed by atoms with van der Waals surface area (Å²) in [6.45, 7) is 5.47. The molecule has 0 saturated carbocycles. The predicted octanol–water partition coefficient (Wildman–Crippen LogP) is 3.30. The number of ketones is 1. The van der Waals surface area contributed by atoms with Gasteiger partial charge >= 0.3 is 0 Å². The van der Waals surface area contributed by atoms with E-state index >= 15 is 0 Å². The van der Waals surface area contributed by atoms with Crippen LogP contribution < -0.4 is 14.8 Å². The lowest BCUT2D eigenvalue weighted by molar-refractivity contribution is -0.127. The van der Waals surface area contributed by atoms with Gasteiger partial charge in [0.25, 0.3) is 5.91 Å². The highest BCUT2D eigenvalue weighted by Gasteiger charge is 2.28. The number of anilines is 1. The highest BCUT2D eigenvalue weighted by Crippen LogP contribution is 2.29. The lowest BCUT2D eigenvalue weighted by Crippen LogP contribution is -2.52. The number of benzene rings is 2. The minimum atomic E-state index is -0.361. The Bertz CT molecular complexity index is 1390. The summed E-state index contributed by atoms with van der Waals surface area (Å²) in [4.78, 5) is 49.1. The van der Waals surface area contributed by atoms with Gasteiger partial charge in [-0.05, 0) is 56.3 Å². The topological polar surface area (TPSA) is 104 Å². The Labute approximate surface area is 243 Å². The Morgan fingerprint density at radius 3 is 2.49 bits per heavy atom. The second-order valence-corrected chi connectivity index (χ2v) is 11.3. The first-order valence-electron chi connectivity index (χ1n) is 13.8. The molecule has 11 heteroatoms. The number of allylic oxidation sites excluding steroid dienone is 1. The van der Waals surface area contributed by atoms with Crippen molar-refractivity contribution in [2.75, 3.05) is 65.3 Å². The van der Waals surface area contributed by atoms with Crippen LogP contribution in [0.5, 0.6) is 11.5 Å². The van der Waals surface area contributed by atoms with Gasteiger partial charge in [0.15, 0.2) is 29.0 Å². The summed E-state index contributed by atoms with van der Waals surface area (Å²) in [6, 6.07) is 12.9. The quantitative estimate of drug-likeness (QED) is 0.305. The number of para-hydroxylation sites is 1. The number of ether oxygens (including phenoxy) is 2. The number of hydrogen-bond donors (Lipinski definition) is 1. The molecule has 2 saturated heterocycles. The van der Waals surface area contributed by atoms with E-state index in [1.54, 1.807) is 18.2 Å². The number of methoxy groups -OCH3 is 1. The molecule has 10 nitrogen and oxygen atoms in total. The zero-order chi connectivity index (χ0) is 28.8. The molecule has 2 aliphatic heterocycles. The molecule has 216 valence electrons. The second-order valence-electron chi connectivity index (χ2n) is 10.3. The fourth-order valence-corrected chi connectivity index (χ4v) is 6.03. The lowest BCUT2D eigenvalue weighted by atomic mass is 10.0. The molecule has 0 atom stereocenters. The number of likely N-dealkylation sites (tertiary alicyclic amines) is 1. The fraction of sp³-hybridized carbons (Fsp3) is 0.400. The van der Waals surface area contributed by atoms with Crippen molar-refractivity contribution in [1.29, 1.82) is 0 Å². The van der Waals surface area contributed by atoms with E-state index in [4.69, 9.17) is 9.47 Å². The second kappa shape index (κ2) is 13.2. The molecule has 2 aliphatic rings. The number of amides is 2. The first-order valence-corrected chi connectivity index (χ1v) is 14.6. The number of hydrogen-bond acceptors (Lipinski definition) is 9. The van der Waals surface area contributed by atoms with Gasteiger partial charge in [0.05, 0.1) is 17.3 Å². The summed E-state index contributed by atoms with van der Waals surface area (Å²) in [5.41, 5.74) is 1.17. The van der Waals surface area contributed by atoms with Gasteiger partial charge < -0.3 is 19.3 Å². The van der Waals surface area contributed by atoms with Gasteiger partial charge in [-0.3, -0.25) is 24.6 Å². The van der Waals surface area contributed by atoms with Crippen LogP contribution in [0.2, 0.25) is 0 Å². The lowest BCUT2D eigenvalue weighted by Gasteiger charge is -2.41. The standard InChI is InChI=1S/C30H35N5O5S/c1-33-15-17-34(18-16-33)22-11-13-35(14-12-22)29(38)10-8-24(36)21-7-9-25(26(19-21)39-2)40-20-28(37)32-30-31-23-5-3-4-6-27(23)41-30/h3-10,19,22H,11-18,20H2,1-2H3,(H,31,32,37). The molecule has 0 aliphatic carbocycles. The van der Waals surface area contributed by atoms with Crippen molar-refractivity contribution in [3.05, 3.63) is 60.2 Å². The minimum absolute atomic E-state index is 0.152. The van der Waals surface area contributed by atoms with Crippen molar-refractivity contribution in [3.63, 3.8) is 0 Å². The monoisotopic (exact) mass is 577 g/mol. The fourth-order valence-electron chi connectivity index (χ4n) is 5.15. The Hall–Kier alpha value is -3.80. The Kier molecular flexibility index (Phi) is 9.28. The van der Waals surface area contributed by atoms with Crippen LogP contribution in [0.15, 0.2) is 54.6 Å². The largest absolute Gasteiger partial charge is 0.493 e. The summed E-state index contributed by atoms with van der Waals surface area (Å²) < 4.78 is 12.0. The van der Waals surface area contributed by atoms with E-state index in [0.29, 0.717) is 41.3 Å². The molecule has 3 heterocycles. The van der Waals surface area contributed by atoms with Crippen LogP contribution in [-0.4, -0.2) is 103 Å². The SMILES string of the molecule is COc1cc(C(=O)C=CC(=O)N2CCC(N3CCN(C)CC3)CC2)ccc1OCC(=O)Nc1nc2ccccc2s1. The van der Waals surface area contributed by atoms with Crippen LogP contribution in [0, 0.1) is 0 Å². The van der Waals surface area contributed by atoms with Gasteiger partial charge in [-0.15, -0.1) is 0 Å². The van der Waals surface area contributed by atoms with Crippen molar-refractivity contribution >= 4 is 44.3 Å². The minimum Gasteiger partial charge on any atom is -0.493 e. The molecule has 0 bridgehead atoms. The van der Waals surface area contributed by atoms with Crippen molar-refractivity contribution in [3.8, 4) is 11.5 Å². The van der Waals surface area contributed by atoms with Crippen LogP contribution in [-0.2, 0) is 9.59 Å². The number of fused-ring (bicyclic) bond motifs is 1. The molecule has 0 radical (unpaired) electrons. The number of carbonyl (C=O) groups is 3. The predicted molar refractivity (Wildman–Crippen MR) is 159 cm³/mol. The van der Waals surface area contributed by atoms with Gasteiger partial charge in [-0.25, -0.2) is 4.98 Å². The third kappa shape index (κ3) is 7.29. The van der Waals surface area contributed by atoms with E-state index in [1.807, 2.05) is 29.2 Å². The number of nitrogens with one attached hydrogen (secondary N) is 1. The summed E-state index contributed by atoms with van der Waals surface area (Å²) in [5.74, 6) is -0.188. The zero-order valence-electron chi connectivity index (χ0n) is 23.4. The molecule has 0 unspecified atom stereocenters. The maximum atomic E-state index is 12.8. The Morgan fingerprint density at radius 1 is 1.00 bits per heavy atom. The first kappa shape index (κ1) is 28.7. The van der Waals surface area contributed by atoms with Crippen LogP contribution in [0.4, 0.5) is 5.13 Å². The van der Waals surface area contributed by atoms with Crippen LogP contribution in [0.1, 0.15) is 23.2 Å². The summed E-state index contributed by atoms with van der Waals surface area (Å²) >= 11 is 1.38. The molecule has 3 aromatic rings. The molecule has 1 aromatic heterocycles. The van der Waals surface area contributed by atoms with E-state index in [9.17, 15) is 14.4 Å². The van der Waals surface area contributed by atoms with Crippen molar-refractivity contribution in [1.82, 2.24) is 19.7 Å². The van der Waals surface area contributed by atoms with E-state index in [-0.39, 0.29) is 24.2 Å². The molecule has 41 heavy (non-hydrogen) atoms. The van der Waals surface area contributed by atoms with Gasteiger partial charge in [0.1, 0.15) is 0 Å². The van der Waals surface area contributed by atoms with E-state index in [0.717, 1.165) is 49.2 Å². The van der Waals surface area contributed by atoms with Crippen LogP contribution >= 0.6 is 11.3 Å². The number of rotatable bonds is 9. The number of piperazine rings is 1. The van der Waals surface area contributed by atoms with Crippen LogP contribution in [0.3, 0.4) is 0 Å². The smallest absolute Gasteiger partial charge is 0.264 e. The van der Waals surface area contributed by atoms with Gasteiger partial charge in [-0.1, -0.05) is 23.5 Å². The zero-order valence-corrected chi connectivity index (χ0v) is 24.2. The number of carbonyl (C=O) groups excluding carboxylic acids is 3. The molecule has 1 N–H and O–H groups in total. The van der Waals surface area contributed by atoms with Crippen molar-refractivity contribution < 1.29 is 23.9 Å². The average molecular weight is 578 g/mol. The highest BCUT2D eigenvalue weighted by molar-refractivity contribution is 7.22. The summed E-state index contributed by atoms with van der Waals surface area (Å²) in [5, 5.41) is 3.24. The molecule has 2 fully saturated rings. The number of likely N-dealkylation sites (N-methyl/N-ethyl adjacent to an activating group) is 1. The van der Waals surface area contributed by atoms with Gasteiger partial charge in [0, 0.05) is 56.9 Å². The van der Waals surface area contributed by atoms with Crippen molar-refractivity contribution in [2.45, 2.75) is 18.9 Å². The Balaban J connectivity index is 1.10. The number of piperidine rings is 1. The van der Waals surface area contributed by atoms with Crippen LogP contribution in [0.25, 0.3) is 10.2 Å². The molecular weight excluding hydrogens is 542 g/mol. The van der Waals surface area contributed by atoms with E-state index in [2.05, 4.69) is 27.1 Å². The molecule has 0 spiro atoms. The van der Waals surface area contributed by atoms with Crippen molar-refractivity contribution in [2.24, 2.45) is 0 Å². The molecule has 2 amide bonds. The number of aromatic nitrogens is 1. The van der Waals surface area contributed by atoms with Gasteiger partial charge in [-0.2, -0.15) is 0 Å². The number of thiazole rings is 1. The average Bonchev–Trinajstić information content (AvgIpc) is 3.41.